The van der Waals surface area contributed by atoms with Gasteiger partial charge in [-0.05, 0) is 234 Å². The van der Waals surface area contributed by atoms with Crippen LogP contribution in [0, 0.1) is 11.8 Å². The fourth-order valence-electron chi connectivity index (χ4n) is 12.6. The number of primary amides is 1. The van der Waals surface area contributed by atoms with Crippen LogP contribution < -0.4 is 80.0 Å². The smallest absolute Gasteiger partial charge is 0.326 e. The summed E-state index contributed by atoms with van der Waals surface area (Å²) in [4.78, 5) is 228. The average Bonchev–Trinajstić information content (AvgIpc) is 0.833. The Hall–Kier alpha value is -10.5. The SMILES string of the molecule is CC(C)C[C@H](NC(=O)[C@H](Cc1ccc(OC(C)(C)C)cc1)NC(=O)[C@H](COC(C)(C)C)NC(=O)[C@H](COC(C)(C)C)NC(=O)[C@@H](NC(=O)[C@H](CC(=O)OC(C)(C)C)NC(=O)[C@H](COC(C)(C)C)NC(=O)[C@@H](NC(=O)[C@H](Cc1ccccc1)NC(=O)[C@@H](N)[C@@H](C)OC(C)(C)C)[C@@H](C)OC(C)(C)C)C(C)C)C(=O)N[C@@H](CCC(=O)OC(C)(C)C)C(=O)NCC(=O)N[C@@H](CCC(N)=O)C(=O)O. The van der Waals surface area contributed by atoms with Crippen LogP contribution in [-0.2, 0) is 123 Å². The Bertz CT molecular complexity index is 4200. The number of carbonyl (C=O) groups is 16. The largest absolute Gasteiger partial charge is 0.488 e. The summed E-state index contributed by atoms with van der Waals surface area (Å²) in [5, 5.41) is 40.9. The molecule has 0 aromatic heterocycles. The van der Waals surface area contributed by atoms with Gasteiger partial charge in [0.05, 0.1) is 73.0 Å². The number of hydrogen-bond acceptors (Lipinski definition) is 25. The van der Waals surface area contributed by atoms with E-state index in [1.54, 1.807) is 221 Å². The Morgan fingerprint density at radius 1 is 0.353 bits per heavy atom. The molecule has 0 saturated heterocycles. The van der Waals surface area contributed by atoms with Crippen molar-refractivity contribution in [1.29, 1.82) is 0 Å². The first-order valence-electron chi connectivity index (χ1n) is 45.1. The molecule has 0 unspecified atom stereocenters. The quantitative estimate of drug-likeness (QED) is 0.0413. The molecule has 0 radical (unpaired) electrons. The molecule has 2 aromatic rings. The molecule has 14 atom stereocenters. The third kappa shape index (κ3) is 50.4. The first kappa shape index (κ1) is 119. The van der Waals surface area contributed by atoms with Gasteiger partial charge in [0.15, 0.2) is 0 Å². The van der Waals surface area contributed by atoms with E-state index in [0.29, 0.717) is 16.9 Å². The molecule has 2 rings (SSSR count). The van der Waals surface area contributed by atoms with Crippen molar-refractivity contribution in [2.75, 3.05) is 26.4 Å². The number of ether oxygens (including phenoxy) is 8. The molecular weight excluding hydrogens is 1730 g/mol. The van der Waals surface area contributed by atoms with Crippen LogP contribution in [0.2, 0.25) is 0 Å². The predicted molar refractivity (Wildman–Crippen MR) is 497 cm³/mol. The maximum atomic E-state index is 15.3. The molecule has 0 bridgehead atoms. The molecule has 13 amide bonds. The number of amides is 13. The summed E-state index contributed by atoms with van der Waals surface area (Å²) in [5.74, 6) is -16.9. The minimum atomic E-state index is -1.92. The molecular formula is C94H156N14O25. The van der Waals surface area contributed by atoms with Crippen LogP contribution in [0.3, 0.4) is 0 Å². The molecule has 39 nitrogen and oxygen atoms in total. The summed E-state index contributed by atoms with van der Waals surface area (Å²) >= 11 is 0. The number of hydrogen-bond donors (Lipinski definition) is 15. The molecule has 133 heavy (non-hydrogen) atoms. The van der Waals surface area contributed by atoms with Crippen molar-refractivity contribution in [2.24, 2.45) is 23.3 Å². The van der Waals surface area contributed by atoms with E-state index in [9.17, 15) is 48.3 Å². The lowest BCUT2D eigenvalue weighted by molar-refractivity contribution is -0.157. The van der Waals surface area contributed by atoms with E-state index in [0.717, 1.165) is 0 Å². The van der Waals surface area contributed by atoms with Crippen LogP contribution in [0.1, 0.15) is 257 Å². The van der Waals surface area contributed by atoms with E-state index in [-0.39, 0.29) is 31.6 Å². The number of carboxylic acid groups (broad SMARTS) is 1. The van der Waals surface area contributed by atoms with Crippen molar-refractivity contribution >= 4 is 94.7 Å². The van der Waals surface area contributed by atoms with Crippen LogP contribution in [-0.4, -0.2) is 256 Å². The third-order valence-corrected chi connectivity index (χ3v) is 18.7. The maximum absolute atomic E-state index is 15.3. The summed E-state index contributed by atoms with van der Waals surface area (Å²) in [7, 11) is 0. The maximum Gasteiger partial charge on any atom is 0.326 e. The molecule has 0 saturated carbocycles. The number of nitrogens with two attached hydrogens (primary N) is 2. The van der Waals surface area contributed by atoms with Crippen LogP contribution in [0.15, 0.2) is 54.6 Å². The van der Waals surface area contributed by atoms with Crippen molar-refractivity contribution in [2.45, 2.75) is 389 Å². The zero-order valence-electron chi connectivity index (χ0n) is 83.8. The lowest BCUT2D eigenvalue weighted by Gasteiger charge is -2.33. The number of benzene rings is 2. The summed E-state index contributed by atoms with van der Waals surface area (Å²) in [6.07, 6.45) is -5.03. The Morgan fingerprint density at radius 2 is 0.722 bits per heavy atom. The third-order valence-electron chi connectivity index (χ3n) is 18.7. The lowest BCUT2D eigenvalue weighted by atomic mass is 10.00. The molecule has 0 aliphatic carbocycles. The highest BCUT2D eigenvalue weighted by molar-refractivity contribution is 6.01. The minimum absolute atomic E-state index is 0.0846. The van der Waals surface area contributed by atoms with E-state index in [2.05, 4.69) is 63.8 Å². The van der Waals surface area contributed by atoms with Crippen molar-refractivity contribution in [3.8, 4) is 5.75 Å². The molecule has 0 spiro atoms. The molecule has 17 N–H and O–H groups in total. The molecule has 39 heteroatoms. The lowest BCUT2D eigenvalue weighted by Crippen LogP contribution is -2.64. The van der Waals surface area contributed by atoms with Gasteiger partial charge in [0.1, 0.15) is 95.1 Å². The number of carbonyl (C=O) groups excluding carboxylic acids is 15. The highest BCUT2D eigenvalue weighted by atomic mass is 16.6. The number of carboxylic acids is 1. The molecule has 752 valence electrons. The van der Waals surface area contributed by atoms with Gasteiger partial charge in [0.2, 0.25) is 76.8 Å². The normalized spacial score (nSPS) is 15.5. The second-order valence-electron chi connectivity index (χ2n) is 41.9. The standard InChI is InChI=1S/C94H156N14O25/c1-52(2)44-61(76(114)99-59(41-43-70(111)132-93(25,26)27)75(113)97-48-69(110)98-60(86(124)125)40-42-68(95)109)100-77(115)62(46-57-36-38-58(39-37-57)131-92(22,23)24)101-80(118)65(49-126-87(7,8)9)104-82(120)67(51-128-89(13,14)15)105-84(122)73(53(3)4)107-79(117)64(47-71(112)133-94(28,29)30)102-81(119)66(50-127-88(10,11)12)106-85(123)74(55(6)130-91(19,20)21)108-78(116)63(45-56-34-32-31-33-35-56)103-83(121)72(96)54(5)129-90(16,17)18/h31-39,52-55,59-67,72-74H,40-51,96H2,1-30H3,(H2,95,109)(H,97,113)(H,98,110)(H,99,114)(H,100,115)(H,101,118)(H,102,119)(H,103,121)(H,104,120)(H,105,122)(H,106,123)(H,107,117)(H,108,116)(H,124,125)/t54-,55-,59+,60+,61+,62+,63+,64+,65+,66+,67+,72+,73+,74+/m1/s1. The Morgan fingerprint density at radius 3 is 1.15 bits per heavy atom. The highest BCUT2D eigenvalue weighted by Gasteiger charge is 2.42. The van der Waals surface area contributed by atoms with Gasteiger partial charge in [-0.3, -0.25) is 71.9 Å². The van der Waals surface area contributed by atoms with Gasteiger partial charge in [-0.1, -0.05) is 70.2 Å². The number of nitrogens with one attached hydrogen (secondary N) is 12. The minimum Gasteiger partial charge on any atom is -0.488 e. The van der Waals surface area contributed by atoms with Gasteiger partial charge in [-0.2, -0.15) is 0 Å². The first-order chi connectivity index (χ1) is 60.7. The summed E-state index contributed by atoms with van der Waals surface area (Å²) in [6, 6.07) is -4.13. The van der Waals surface area contributed by atoms with Gasteiger partial charge >= 0.3 is 17.9 Å². The Kier molecular flexibility index (Phi) is 46.7. The van der Waals surface area contributed by atoms with E-state index in [1.165, 1.54) is 20.8 Å². The Balaban J connectivity index is 2.88. The predicted octanol–water partition coefficient (Wildman–Crippen LogP) is 4.18. The van der Waals surface area contributed by atoms with Gasteiger partial charge in [0, 0.05) is 25.7 Å². The van der Waals surface area contributed by atoms with Gasteiger partial charge in [-0.15, -0.1) is 0 Å². The highest BCUT2D eigenvalue weighted by Crippen LogP contribution is 2.23. The van der Waals surface area contributed by atoms with Crippen molar-refractivity contribution in [3.63, 3.8) is 0 Å². The molecule has 0 heterocycles. The monoisotopic (exact) mass is 1880 g/mol. The number of aliphatic carboxylic acids is 1. The molecule has 0 fully saturated rings. The average molecular weight is 1880 g/mol. The van der Waals surface area contributed by atoms with E-state index < -0.39 is 282 Å². The summed E-state index contributed by atoms with van der Waals surface area (Å²) in [6.45, 7) is 47.5. The van der Waals surface area contributed by atoms with Crippen LogP contribution in [0.5, 0.6) is 5.75 Å². The first-order valence-corrected chi connectivity index (χ1v) is 45.1. The fourth-order valence-corrected chi connectivity index (χ4v) is 12.6. The molecule has 0 aliphatic heterocycles. The second kappa shape index (κ2) is 52.4. The van der Waals surface area contributed by atoms with Crippen LogP contribution in [0.25, 0.3) is 0 Å². The topological polar surface area (TPSA) is 564 Å². The van der Waals surface area contributed by atoms with E-state index in [1.807, 2.05) is 20.8 Å². The van der Waals surface area contributed by atoms with E-state index >= 15 is 33.6 Å². The fraction of sp³-hybridized carbons (Fsp3) is 0.702. The summed E-state index contributed by atoms with van der Waals surface area (Å²) in [5.41, 5.74) is 5.23. The van der Waals surface area contributed by atoms with Crippen molar-refractivity contribution in [3.05, 3.63) is 65.7 Å². The van der Waals surface area contributed by atoms with Crippen LogP contribution >= 0.6 is 0 Å². The Labute approximate surface area is 784 Å². The number of esters is 2. The zero-order valence-corrected chi connectivity index (χ0v) is 83.8. The molecule has 0 aliphatic rings. The summed E-state index contributed by atoms with van der Waals surface area (Å²) < 4.78 is 47.8. The zero-order chi connectivity index (χ0) is 102. The van der Waals surface area contributed by atoms with Crippen molar-refractivity contribution in [1.82, 2.24) is 63.8 Å². The van der Waals surface area contributed by atoms with Gasteiger partial charge in [-0.25, -0.2) is 4.79 Å². The van der Waals surface area contributed by atoms with Gasteiger partial charge < -0.3 is 118 Å². The second-order valence-corrected chi connectivity index (χ2v) is 41.9. The van der Waals surface area contributed by atoms with E-state index in [4.69, 9.17) is 49.4 Å². The van der Waals surface area contributed by atoms with Gasteiger partial charge in [0.25, 0.3) is 0 Å². The van der Waals surface area contributed by atoms with Crippen LogP contribution in [0.4, 0.5) is 0 Å². The molecule has 2 aromatic carbocycles. The van der Waals surface area contributed by atoms with Crippen molar-refractivity contribution < 1.29 is 120 Å². The number of rotatable bonds is 51.